The topological polar surface area (TPSA) is 64.9 Å². The van der Waals surface area contributed by atoms with E-state index in [2.05, 4.69) is 51.7 Å². The molecule has 21 heavy (non-hydrogen) atoms. The molecule has 0 aromatic carbocycles. The van der Waals surface area contributed by atoms with E-state index in [9.17, 15) is 0 Å². The molecule has 0 bridgehead atoms. The Morgan fingerprint density at radius 3 is 2.10 bits per heavy atom. The van der Waals surface area contributed by atoms with Gasteiger partial charge in [0.15, 0.2) is 5.82 Å². The maximum atomic E-state index is 6.20. The van der Waals surface area contributed by atoms with E-state index >= 15 is 0 Å². The fourth-order valence-electron chi connectivity index (χ4n) is 3.13. The molecule has 4 nitrogen and oxygen atoms in total. The fraction of sp³-hybridized carbons (Fsp3) is 0.882. The van der Waals surface area contributed by atoms with Crippen molar-refractivity contribution in [2.45, 2.75) is 79.2 Å². The predicted molar refractivity (Wildman–Crippen MR) is 84.8 cm³/mol. The van der Waals surface area contributed by atoms with Gasteiger partial charge in [0.05, 0.1) is 6.04 Å². The first kappa shape index (κ1) is 16.5. The summed E-state index contributed by atoms with van der Waals surface area (Å²) in [6, 6.07) is -0.204. The van der Waals surface area contributed by atoms with Crippen LogP contribution in [0.5, 0.6) is 0 Å². The third kappa shape index (κ3) is 3.85. The van der Waals surface area contributed by atoms with Gasteiger partial charge in [-0.25, -0.2) is 0 Å². The molecular weight excluding hydrogens is 262 g/mol. The van der Waals surface area contributed by atoms with Crippen LogP contribution >= 0.6 is 0 Å². The van der Waals surface area contributed by atoms with Crippen LogP contribution in [0, 0.1) is 16.7 Å². The van der Waals surface area contributed by atoms with E-state index in [-0.39, 0.29) is 11.5 Å². The lowest BCUT2D eigenvalue weighted by Crippen LogP contribution is -2.27. The molecular formula is C17H31N3O. The zero-order valence-corrected chi connectivity index (χ0v) is 14.4. The van der Waals surface area contributed by atoms with Crippen LogP contribution in [-0.4, -0.2) is 10.1 Å². The van der Waals surface area contributed by atoms with Crippen LogP contribution < -0.4 is 5.73 Å². The summed E-state index contributed by atoms with van der Waals surface area (Å²) in [5, 5.41) is 4.20. The summed E-state index contributed by atoms with van der Waals surface area (Å²) >= 11 is 0. The van der Waals surface area contributed by atoms with E-state index in [1.165, 1.54) is 12.8 Å². The lowest BCUT2D eigenvalue weighted by molar-refractivity contribution is 0.166. The van der Waals surface area contributed by atoms with Gasteiger partial charge in [0.2, 0.25) is 5.89 Å². The standard InChI is InChI=1S/C17H31N3O/c1-16(2,3)12-9-7-11(8-10-12)14-19-15(21-20-14)13(18)17(4,5)6/h11-13H,7-10,18H2,1-6H3. The molecule has 4 heteroatoms. The third-order valence-electron chi connectivity index (χ3n) is 4.97. The van der Waals surface area contributed by atoms with Gasteiger partial charge in [-0.2, -0.15) is 4.98 Å². The van der Waals surface area contributed by atoms with E-state index in [0.717, 1.165) is 24.6 Å². The van der Waals surface area contributed by atoms with Gasteiger partial charge in [0.1, 0.15) is 0 Å². The molecule has 1 heterocycles. The molecule has 1 aliphatic carbocycles. The van der Waals surface area contributed by atoms with Crippen LogP contribution in [0.2, 0.25) is 0 Å². The summed E-state index contributed by atoms with van der Waals surface area (Å²) in [6.45, 7) is 13.3. The van der Waals surface area contributed by atoms with E-state index in [4.69, 9.17) is 10.3 Å². The largest absolute Gasteiger partial charge is 0.338 e. The number of hydrogen-bond donors (Lipinski definition) is 1. The monoisotopic (exact) mass is 293 g/mol. The van der Waals surface area contributed by atoms with E-state index < -0.39 is 0 Å². The molecule has 0 spiro atoms. The van der Waals surface area contributed by atoms with Crippen LogP contribution in [0.15, 0.2) is 4.52 Å². The van der Waals surface area contributed by atoms with Crippen molar-refractivity contribution in [3.8, 4) is 0 Å². The molecule has 120 valence electrons. The first-order chi connectivity index (χ1) is 9.59. The van der Waals surface area contributed by atoms with Gasteiger partial charge in [-0.3, -0.25) is 0 Å². The Labute approximate surface area is 128 Å². The highest BCUT2D eigenvalue weighted by atomic mass is 16.5. The van der Waals surface area contributed by atoms with Gasteiger partial charge < -0.3 is 10.3 Å². The smallest absolute Gasteiger partial charge is 0.244 e. The van der Waals surface area contributed by atoms with Crippen LogP contribution in [0.1, 0.15) is 90.9 Å². The van der Waals surface area contributed by atoms with E-state index in [0.29, 0.717) is 17.2 Å². The molecule has 1 fully saturated rings. The van der Waals surface area contributed by atoms with Crippen molar-refractivity contribution in [1.29, 1.82) is 0 Å². The molecule has 1 aromatic rings. The van der Waals surface area contributed by atoms with Crippen molar-refractivity contribution < 1.29 is 4.52 Å². The molecule has 0 aliphatic heterocycles. The summed E-state index contributed by atoms with van der Waals surface area (Å²) in [5.41, 5.74) is 6.54. The summed E-state index contributed by atoms with van der Waals surface area (Å²) in [5.74, 6) is 2.68. The van der Waals surface area contributed by atoms with Crippen molar-refractivity contribution in [1.82, 2.24) is 10.1 Å². The normalized spacial score (nSPS) is 25.9. The molecule has 1 aliphatic rings. The third-order valence-corrected chi connectivity index (χ3v) is 4.97. The SMILES string of the molecule is CC(C)(C)C1CCC(c2noc(C(N)C(C)(C)C)n2)CC1. The molecule has 0 amide bonds. The number of nitrogens with zero attached hydrogens (tertiary/aromatic N) is 2. The molecule has 1 saturated carbocycles. The minimum atomic E-state index is -0.204. The van der Waals surface area contributed by atoms with Gasteiger partial charge in [-0.05, 0) is 42.4 Å². The molecule has 1 atom stereocenters. The van der Waals surface area contributed by atoms with E-state index in [1.54, 1.807) is 0 Å². The molecule has 1 unspecified atom stereocenters. The van der Waals surface area contributed by atoms with Crippen molar-refractivity contribution in [3.63, 3.8) is 0 Å². The average Bonchev–Trinajstić information content (AvgIpc) is 2.85. The summed E-state index contributed by atoms with van der Waals surface area (Å²) < 4.78 is 5.41. The van der Waals surface area contributed by atoms with Gasteiger partial charge >= 0.3 is 0 Å². The number of rotatable bonds is 2. The van der Waals surface area contributed by atoms with Crippen LogP contribution in [0.25, 0.3) is 0 Å². The highest BCUT2D eigenvalue weighted by Gasteiger charge is 2.33. The Morgan fingerprint density at radius 1 is 1.05 bits per heavy atom. The Morgan fingerprint density at radius 2 is 1.62 bits per heavy atom. The number of aromatic nitrogens is 2. The highest BCUT2D eigenvalue weighted by molar-refractivity contribution is 5.02. The maximum Gasteiger partial charge on any atom is 0.244 e. The van der Waals surface area contributed by atoms with Gasteiger partial charge in [-0.1, -0.05) is 46.7 Å². The average molecular weight is 293 g/mol. The van der Waals surface area contributed by atoms with Crippen molar-refractivity contribution in [2.24, 2.45) is 22.5 Å². The molecule has 0 radical (unpaired) electrons. The second-order valence-electron chi connectivity index (χ2n) is 8.75. The van der Waals surface area contributed by atoms with Crippen molar-refractivity contribution in [3.05, 3.63) is 11.7 Å². The number of hydrogen-bond acceptors (Lipinski definition) is 4. The number of nitrogens with two attached hydrogens (primary N) is 1. The van der Waals surface area contributed by atoms with Crippen molar-refractivity contribution in [2.75, 3.05) is 0 Å². The molecule has 1 aromatic heterocycles. The second-order valence-corrected chi connectivity index (χ2v) is 8.75. The molecule has 2 N–H and O–H groups in total. The summed E-state index contributed by atoms with van der Waals surface area (Å²) in [7, 11) is 0. The Kier molecular flexibility index (Phi) is 4.48. The lowest BCUT2D eigenvalue weighted by Gasteiger charge is -2.36. The van der Waals surface area contributed by atoms with E-state index in [1.807, 2.05) is 0 Å². The quantitative estimate of drug-likeness (QED) is 0.875. The zero-order valence-electron chi connectivity index (χ0n) is 14.4. The zero-order chi connectivity index (χ0) is 15.8. The fourth-order valence-corrected chi connectivity index (χ4v) is 3.13. The van der Waals surface area contributed by atoms with Gasteiger partial charge in [0.25, 0.3) is 0 Å². The summed E-state index contributed by atoms with van der Waals surface area (Å²) in [4.78, 5) is 4.58. The first-order valence-electron chi connectivity index (χ1n) is 8.18. The Bertz CT molecular complexity index is 459. The minimum absolute atomic E-state index is 0.0618. The minimum Gasteiger partial charge on any atom is -0.338 e. The van der Waals surface area contributed by atoms with Crippen LogP contribution in [-0.2, 0) is 0 Å². The van der Waals surface area contributed by atoms with Crippen LogP contribution in [0.3, 0.4) is 0 Å². The summed E-state index contributed by atoms with van der Waals surface area (Å²) in [6.07, 6.45) is 4.82. The highest BCUT2D eigenvalue weighted by Crippen LogP contribution is 2.42. The molecule has 0 saturated heterocycles. The predicted octanol–water partition coefficient (Wildman–Crippen LogP) is 4.44. The Balaban J connectivity index is 2.01. The maximum absolute atomic E-state index is 6.20. The van der Waals surface area contributed by atoms with Crippen molar-refractivity contribution >= 4 is 0 Å². The lowest BCUT2D eigenvalue weighted by atomic mass is 9.70. The van der Waals surface area contributed by atoms with Gasteiger partial charge in [0, 0.05) is 5.92 Å². The van der Waals surface area contributed by atoms with Gasteiger partial charge in [-0.15, -0.1) is 0 Å². The molecule has 2 rings (SSSR count). The van der Waals surface area contributed by atoms with Crippen LogP contribution in [0.4, 0.5) is 0 Å². The first-order valence-corrected chi connectivity index (χ1v) is 8.18. The second kappa shape index (κ2) is 5.71. The Hall–Kier alpha value is -0.900.